The minimum atomic E-state index is 0.552. The fourth-order valence-corrected chi connectivity index (χ4v) is 2.24. The van der Waals surface area contributed by atoms with Crippen LogP contribution >= 0.6 is 0 Å². The Hall–Kier alpha value is -1.80. The van der Waals surface area contributed by atoms with Gasteiger partial charge in [-0.05, 0) is 55.1 Å². The van der Waals surface area contributed by atoms with Gasteiger partial charge in [-0.25, -0.2) is 0 Å². The number of benzene rings is 2. The number of rotatable bonds is 6. The second kappa shape index (κ2) is 6.95. The van der Waals surface area contributed by atoms with E-state index in [0.717, 1.165) is 30.9 Å². The summed E-state index contributed by atoms with van der Waals surface area (Å²) in [5.74, 6) is 2.29. The Labute approximate surface area is 115 Å². The summed E-state index contributed by atoms with van der Waals surface area (Å²) in [4.78, 5) is 0. The summed E-state index contributed by atoms with van der Waals surface area (Å²) in [6.07, 6.45) is 2.16. The van der Waals surface area contributed by atoms with Crippen LogP contribution in [0.2, 0.25) is 0 Å². The molecule has 100 valence electrons. The van der Waals surface area contributed by atoms with E-state index in [-0.39, 0.29) is 0 Å². The zero-order chi connectivity index (χ0) is 13.5. The average Bonchev–Trinajstić information content (AvgIpc) is 2.47. The van der Waals surface area contributed by atoms with E-state index in [1.165, 1.54) is 5.56 Å². The Morgan fingerprint density at radius 1 is 0.947 bits per heavy atom. The number of hydrogen-bond donors (Lipinski definition) is 1. The topological polar surface area (TPSA) is 35.2 Å². The van der Waals surface area contributed by atoms with Gasteiger partial charge in [0.05, 0.1) is 0 Å². The van der Waals surface area contributed by atoms with Crippen molar-refractivity contribution < 1.29 is 4.74 Å². The van der Waals surface area contributed by atoms with Crippen molar-refractivity contribution in [3.63, 3.8) is 0 Å². The Kier molecular flexibility index (Phi) is 4.99. The van der Waals surface area contributed by atoms with Crippen molar-refractivity contribution >= 4 is 0 Å². The molecule has 0 aromatic heterocycles. The summed E-state index contributed by atoms with van der Waals surface area (Å²) in [5.41, 5.74) is 6.99. The molecule has 2 N–H and O–H groups in total. The molecule has 0 aliphatic heterocycles. The van der Waals surface area contributed by atoms with Crippen LogP contribution in [0.5, 0.6) is 11.5 Å². The van der Waals surface area contributed by atoms with Gasteiger partial charge in [0.2, 0.25) is 0 Å². The van der Waals surface area contributed by atoms with Gasteiger partial charge in [-0.3, -0.25) is 0 Å². The molecular weight excluding hydrogens is 234 g/mol. The summed E-state index contributed by atoms with van der Waals surface area (Å²) in [6.45, 7) is 2.94. The number of nitrogens with two attached hydrogens (primary N) is 1. The van der Waals surface area contributed by atoms with E-state index in [1.54, 1.807) is 0 Å². The Balaban J connectivity index is 2.06. The average molecular weight is 255 g/mol. The highest BCUT2D eigenvalue weighted by Crippen LogP contribution is 2.26. The van der Waals surface area contributed by atoms with Crippen LogP contribution in [0.15, 0.2) is 54.6 Å². The van der Waals surface area contributed by atoms with E-state index in [0.29, 0.717) is 5.92 Å². The third kappa shape index (κ3) is 3.83. The van der Waals surface area contributed by atoms with E-state index in [4.69, 9.17) is 10.5 Å². The van der Waals surface area contributed by atoms with E-state index in [9.17, 15) is 0 Å². The van der Waals surface area contributed by atoms with Gasteiger partial charge in [0.15, 0.2) is 0 Å². The van der Waals surface area contributed by atoms with Gasteiger partial charge in [-0.2, -0.15) is 0 Å². The van der Waals surface area contributed by atoms with Gasteiger partial charge in [-0.15, -0.1) is 0 Å². The molecule has 0 heterocycles. The lowest BCUT2D eigenvalue weighted by molar-refractivity contribution is 0.482. The molecule has 19 heavy (non-hydrogen) atoms. The second-order valence-corrected chi connectivity index (χ2v) is 4.67. The Morgan fingerprint density at radius 3 is 2.16 bits per heavy atom. The van der Waals surface area contributed by atoms with Crippen molar-refractivity contribution in [2.75, 3.05) is 6.54 Å². The SMILES string of the molecule is CCC(CCN)c1ccc(Oc2ccccc2)cc1. The van der Waals surface area contributed by atoms with Gasteiger partial charge < -0.3 is 10.5 Å². The van der Waals surface area contributed by atoms with Crippen LogP contribution < -0.4 is 10.5 Å². The van der Waals surface area contributed by atoms with Crippen LogP contribution in [0.3, 0.4) is 0 Å². The molecule has 1 atom stereocenters. The van der Waals surface area contributed by atoms with Crippen LogP contribution in [0.25, 0.3) is 0 Å². The summed E-state index contributed by atoms with van der Waals surface area (Å²) in [5, 5.41) is 0. The third-order valence-corrected chi connectivity index (χ3v) is 3.34. The molecule has 2 nitrogen and oxygen atoms in total. The highest BCUT2D eigenvalue weighted by atomic mass is 16.5. The maximum Gasteiger partial charge on any atom is 0.127 e. The fourth-order valence-electron chi connectivity index (χ4n) is 2.24. The first-order valence-electron chi connectivity index (χ1n) is 6.86. The summed E-state index contributed by atoms with van der Waals surface area (Å²) in [6, 6.07) is 18.2. The standard InChI is InChI=1S/C17H21NO/c1-2-14(12-13-18)15-8-10-17(11-9-15)19-16-6-4-3-5-7-16/h3-11,14H,2,12-13,18H2,1H3. The lowest BCUT2D eigenvalue weighted by atomic mass is 9.93. The molecule has 0 amide bonds. The molecule has 0 aliphatic rings. The van der Waals surface area contributed by atoms with Crippen LogP contribution in [0.1, 0.15) is 31.2 Å². The molecular formula is C17H21NO. The largest absolute Gasteiger partial charge is 0.457 e. The lowest BCUT2D eigenvalue weighted by Gasteiger charge is -2.14. The first-order chi connectivity index (χ1) is 9.33. The van der Waals surface area contributed by atoms with Crippen LogP contribution in [0.4, 0.5) is 0 Å². The summed E-state index contributed by atoms with van der Waals surface area (Å²) in [7, 11) is 0. The fraction of sp³-hybridized carbons (Fsp3) is 0.294. The number of hydrogen-bond acceptors (Lipinski definition) is 2. The lowest BCUT2D eigenvalue weighted by Crippen LogP contribution is -2.06. The van der Waals surface area contributed by atoms with Crippen molar-refractivity contribution in [3.05, 3.63) is 60.2 Å². The molecule has 0 radical (unpaired) electrons. The van der Waals surface area contributed by atoms with Crippen molar-refractivity contribution in [3.8, 4) is 11.5 Å². The molecule has 0 saturated heterocycles. The molecule has 0 aliphatic carbocycles. The molecule has 2 heteroatoms. The zero-order valence-electron chi connectivity index (χ0n) is 11.4. The molecule has 2 aromatic carbocycles. The minimum Gasteiger partial charge on any atom is -0.457 e. The van der Waals surface area contributed by atoms with Crippen molar-refractivity contribution in [1.29, 1.82) is 0 Å². The van der Waals surface area contributed by atoms with Crippen molar-refractivity contribution in [2.24, 2.45) is 5.73 Å². The van der Waals surface area contributed by atoms with Gasteiger partial charge in [0.1, 0.15) is 11.5 Å². The van der Waals surface area contributed by atoms with E-state index in [2.05, 4.69) is 19.1 Å². The quantitative estimate of drug-likeness (QED) is 0.834. The number of ether oxygens (including phenoxy) is 1. The predicted octanol–water partition coefficient (Wildman–Crippen LogP) is 4.32. The first kappa shape index (κ1) is 13.6. The summed E-state index contributed by atoms with van der Waals surface area (Å²) >= 11 is 0. The molecule has 2 rings (SSSR count). The Bertz CT molecular complexity index is 478. The van der Waals surface area contributed by atoms with Crippen molar-refractivity contribution in [1.82, 2.24) is 0 Å². The normalized spacial score (nSPS) is 12.1. The van der Waals surface area contributed by atoms with Crippen LogP contribution in [-0.4, -0.2) is 6.54 Å². The first-order valence-corrected chi connectivity index (χ1v) is 6.86. The van der Waals surface area contributed by atoms with E-state index >= 15 is 0 Å². The molecule has 1 unspecified atom stereocenters. The van der Waals surface area contributed by atoms with Gasteiger partial charge in [-0.1, -0.05) is 37.3 Å². The Morgan fingerprint density at radius 2 is 1.58 bits per heavy atom. The molecule has 0 fully saturated rings. The molecule has 0 saturated carbocycles. The predicted molar refractivity (Wildman–Crippen MR) is 79.7 cm³/mol. The van der Waals surface area contributed by atoms with Gasteiger partial charge in [0, 0.05) is 0 Å². The van der Waals surface area contributed by atoms with Crippen molar-refractivity contribution in [2.45, 2.75) is 25.7 Å². The molecule has 0 bridgehead atoms. The van der Waals surface area contributed by atoms with Crippen LogP contribution in [0, 0.1) is 0 Å². The van der Waals surface area contributed by atoms with Gasteiger partial charge >= 0.3 is 0 Å². The minimum absolute atomic E-state index is 0.552. The highest BCUT2D eigenvalue weighted by Gasteiger charge is 2.08. The van der Waals surface area contributed by atoms with E-state index in [1.807, 2.05) is 42.5 Å². The maximum absolute atomic E-state index is 5.78. The smallest absolute Gasteiger partial charge is 0.127 e. The van der Waals surface area contributed by atoms with E-state index < -0.39 is 0 Å². The second-order valence-electron chi connectivity index (χ2n) is 4.67. The maximum atomic E-state index is 5.78. The van der Waals surface area contributed by atoms with Crippen LogP contribution in [-0.2, 0) is 0 Å². The number of para-hydroxylation sites is 1. The zero-order valence-corrected chi connectivity index (χ0v) is 11.4. The van der Waals surface area contributed by atoms with Gasteiger partial charge in [0.25, 0.3) is 0 Å². The summed E-state index contributed by atoms with van der Waals surface area (Å²) < 4.78 is 5.78. The third-order valence-electron chi connectivity index (χ3n) is 3.34. The molecule has 0 spiro atoms. The monoisotopic (exact) mass is 255 g/mol. The highest BCUT2D eigenvalue weighted by molar-refractivity contribution is 5.34. The molecule has 2 aromatic rings.